The van der Waals surface area contributed by atoms with Crippen molar-refractivity contribution in [1.82, 2.24) is 20.4 Å². The van der Waals surface area contributed by atoms with Crippen LogP contribution in [0.15, 0.2) is 57.5 Å². The zero-order chi connectivity index (χ0) is 26.6. The number of esters is 1. The number of nitrogens with zero attached hydrogens (tertiary/aromatic N) is 4. The molecule has 0 fully saturated rings. The number of aryl methyl sites for hydroxylation is 1. The molecule has 11 nitrogen and oxygen atoms in total. The highest BCUT2D eigenvalue weighted by atomic mass is 16.6. The molecule has 37 heavy (non-hydrogen) atoms. The molecule has 0 saturated carbocycles. The fourth-order valence-corrected chi connectivity index (χ4v) is 3.52. The van der Waals surface area contributed by atoms with Crippen LogP contribution in [0.2, 0.25) is 0 Å². The van der Waals surface area contributed by atoms with Gasteiger partial charge in [-0.1, -0.05) is 30.3 Å². The van der Waals surface area contributed by atoms with Gasteiger partial charge in [0.25, 0.3) is 5.91 Å². The van der Waals surface area contributed by atoms with Gasteiger partial charge >= 0.3 is 5.97 Å². The summed E-state index contributed by atoms with van der Waals surface area (Å²) in [6.07, 6.45) is 1.57. The normalized spacial score (nSPS) is 11.4. The van der Waals surface area contributed by atoms with Gasteiger partial charge in [0.1, 0.15) is 11.4 Å². The molecular formula is C26H27N5O6. The van der Waals surface area contributed by atoms with Crippen LogP contribution in [-0.2, 0) is 22.5 Å². The molecule has 11 heteroatoms. The lowest BCUT2D eigenvalue weighted by Crippen LogP contribution is -2.31. The molecule has 3 heterocycles. The van der Waals surface area contributed by atoms with E-state index < -0.39 is 17.5 Å². The minimum atomic E-state index is -0.615. The minimum absolute atomic E-state index is 0.0340. The van der Waals surface area contributed by atoms with Crippen LogP contribution in [0.25, 0.3) is 11.3 Å². The van der Waals surface area contributed by atoms with Gasteiger partial charge < -0.3 is 13.6 Å². The number of carbonyl (C=O) groups is 3. The summed E-state index contributed by atoms with van der Waals surface area (Å²) in [6, 6.07) is 12.2. The molecule has 0 bridgehead atoms. The van der Waals surface area contributed by atoms with Crippen LogP contribution in [0.5, 0.6) is 0 Å². The Kier molecular flexibility index (Phi) is 7.32. The maximum absolute atomic E-state index is 13.8. The van der Waals surface area contributed by atoms with Crippen LogP contribution in [0, 0.1) is 0 Å². The van der Waals surface area contributed by atoms with Gasteiger partial charge in [0.05, 0.1) is 19.2 Å². The average molecular weight is 506 g/mol. The molecule has 3 aromatic heterocycles. The van der Waals surface area contributed by atoms with Crippen molar-refractivity contribution in [2.75, 3.05) is 4.90 Å². The van der Waals surface area contributed by atoms with E-state index in [1.54, 1.807) is 45.0 Å². The number of hydrogen-bond acceptors (Lipinski definition) is 9. The standard InChI is InChI=1S/C26H27N5O6/c1-16(32)19-11-10-18(35-19)15-31(20-14-27-30-29-20)25(34)23-24(17-8-6-5-7-9-17)36-21(28-23)12-13-22(33)37-26(2,3)4/h5-11,14H,12-13,15H2,1-4H3,(H,27,29,30). The average Bonchev–Trinajstić information content (AvgIpc) is 3.61. The minimum Gasteiger partial charge on any atom is -0.460 e. The topological polar surface area (TPSA) is 144 Å². The number of hydrogen-bond donors (Lipinski definition) is 1. The largest absolute Gasteiger partial charge is 0.460 e. The van der Waals surface area contributed by atoms with E-state index in [9.17, 15) is 14.4 Å². The second-order valence-electron chi connectivity index (χ2n) is 9.28. The van der Waals surface area contributed by atoms with Gasteiger partial charge in [0.2, 0.25) is 0 Å². The van der Waals surface area contributed by atoms with Gasteiger partial charge in [0.15, 0.2) is 34.7 Å². The number of benzene rings is 1. The quantitative estimate of drug-likeness (QED) is 0.259. The molecule has 4 rings (SSSR count). The summed E-state index contributed by atoms with van der Waals surface area (Å²) in [4.78, 5) is 43.5. The third kappa shape index (κ3) is 6.37. The lowest BCUT2D eigenvalue weighted by atomic mass is 10.1. The number of rotatable bonds is 9. The van der Waals surface area contributed by atoms with Crippen molar-refractivity contribution in [1.29, 1.82) is 0 Å². The zero-order valence-electron chi connectivity index (χ0n) is 21.0. The van der Waals surface area contributed by atoms with Crippen molar-refractivity contribution in [3.05, 3.63) is 71.8 Å². The number of aromatic nitrogens is 4. The monoisotopic (exact) mass is 505 g/mol. The maximum atomic E-state index is 13.8. The van der Waals surface area contributed by atoms with E-state index in [1.807, 2.05) is 18.2 Å². The van der Waals surface area contributed by atoms with Crippen molar-refractivity contribution in [3.63, 3.8) is 0 Å². The lowest BCUT2D eigenvalue weighted by Gasteiger charge is -2.19. The first kappa shape index (κ1) is 25.5. The molecule has 0 unspecified atom stereocenters. The summed E-state index contributed by atoms with van der Waals surface area (Å²) in [5, 5.41) is 10.3. The molecule has 192 valence electrons. The Morgan fingerprint density at radius 2 is 1.81 bits per heavy atom. The number of ether oxygens (including phenoxy) is 1. The lowest BCUT2D eigenvalue weighted by molar-refractivity contribution is -0.154. The highest BCUT2D eigenvalue weighted by Crippen LogP contribution is 2.28. The Bertz CT molecular complexity index is 1380. The molecule has 0 aliphatic carbocycles. The van der Waals surface area contributed by atoms with Crippen LogP contribution >= 0.6 is 0 Å². The second-order valence-corrected chi connectivity index (χ2v) is 9.28. The van der Waals surface area contributed by atoms with E-state index in [4.69, 9.17) is 13.6 Å². The highest BCUT2D eigenvalue weighted by Gasteiger charge is 2.29. The van der Waals surface area contributed by atoms with E-state index in [2.05, 4.69) is 20.4 Å². The van der Waals surface area contributed by atoms with Crippen LogP contribution in [0.4, 0.5) is 5.82 Å². The molecule has 4 aromatic rings. The van der Waals surface area contributed by atoms with E-state index in [1.165, 1.54) is 18.0 Å². The first-order valence-corrected chi connectivity index (χ1v) is 11.6. The second kappa shape index (κ2) is 10.6. The molecular weight excluding hydrogens is 478 g/mol. The summed E-state index contributed by atoms with van der Waals surface area (Å²) in [5.41, 5.74) is 0.0569. The van der Waals surface area contributed by atoms with E-state index in [0.717, 1.165) is 0 Å². The van der Waals surface area contributed by atoms with Gasteiger partial charge in [-0.2, -0.15) is 10.3 Å². The van der Waals surface area contributed by atoms with E-state index in [0.29, 0.717) is 11.3 Å². The van der Waals surface area contributed by atoms with Gasteiger partial charge in [0, 0.05) is 18.9 Å². The Balaban J connectivity index is 1.66. The Hall–Kier alpha value is -4.54. The number of Topliss-reactive ketones (excluding diaryl/α,β-unsaturated/α-hetero) is 1. The predicted octanol–water partition coefficient (Wildman–Crippen LogP) is 4.38. The fraction of sp³-hybridized carbons (Fsp3) is 0.308. The summed E-state index contributed by atoms with van der Waals surface area (Å²) in [5.74, 6) is 0.0807. The SMILES string of the molecule is CC(=O)c1ccc(CN(C(=O)c2nc(CCC(=O)OC(C)(C)C)oc2-c2ccccc2)c2cn[nH]n2)o1. The van der Waals surface area contributed by atoms with Crippen molar-refractivity contribution in [3.8, 4) is 11.3 Å². The predicted molar refractivity (Wildman–Crippen MR) is 132 cm³/mol. The van der Waals surface area contributed by atoms with Gasteiger partial charge in [-0.25, -0.2) is 4.98 Å². The van der Waals surface area contributed by atoms with Gasteiger partial charge in [-0.3, -0.25) is 19.3 Å². The summed E-state index contributed by atoms with van der Waals surface area (Å²) >= 11 is 0. The van der Waals surface area contributed by atoms with Gasteiger partial charge in [-0.05, 0) is 32.9 Å². The molecule has 0 radical (unpaired) electrons. The highest BCUT2D eigenvalue weighted by molar-refractivity contribution is 6.07. The van der Waals surface area contributed by atoms with E-state index >= 15 is 0 Å². The van der Waals surface area contributed by atoms with E-state index in [-0.39, 0.29) is 54.1 Å². The molecule has 0 aliphatic heterocycles. The van der Waals surface area contributed by atoms with Crippen LogP contribution in [0.1, 0.15) is 66.8 Å². The molecule has 1 N–H and O–H groups in total. The number of aromatic amines is 1. The Morgan fingerprint density at radius 3 is 2.43 bits per heavy atom. The summed E-state index contributed by atoms with van der Waals surface area (Å²) in [7, 11) is 0. The number of ketones is 1. The molecule has 0 spiro atoms. The molecule has 0 atom stereocenters. The summed E-state index contributed by atoms with van der Waals surface area (Å²) < 4.78 is 16.9. The van der Waals surface area contributed by atoms with Crippen molar-refractivity contribution >= 4 is 23.5 Å². The number of nitrogens with one attached hydrogen (secondary N) is 1. The number of oxazole rings is 1. The third-order valence-corrected chi connectivity index (χ3v) is 5.12. The number of carbonyl (C=O) groups excluding carboxylic acids is 3. The zero-order valence-corrected chi connectivity index (χ0v) is 21.0. The third-order valence-electron chi connectivity index (χ3n) is 5.12. The Labute approximate surface area is 212 Å². The van der Waals surface area contributed by atoms with Crippen molar-refractivity contribution in [2.45, 2.75) is 52.7 Å². The van der Waals surface area contributed by atoms with Crippen LogP contribution < -0.4 is 4.90 Å². The number of furan rings is 1. The van der Waals surface area contributed by atoms with Crippen LogP contribution in [0.3, 0.4) is 0 Å². The maximum Gasteiger partial charge on any atom is 0.306 e. The number of amides is 1. The smallest absolute Gasteiger partial charge is 0.306 e. The first-order chi connectivity index (χ1) is 17.6. The fourth-order valence-electron chi connectivity index (χ4n) is 3.52. The Morgan fingerprint density at radius 1 is 1.05 bits per heavy atom. The van der Waals surface area contributed by atoms with Gasteiger partial charge in [-0.15, -0.1) is 5.10 Å². The van der Waals surface area contributed by atoms with Crippen molar-refractivity contribution < 1.29 is 28.0 Å². The summed E-state index contributed by atoms with van der Waals surface area (Å²) in [6.45, 7) is 6.72. The number of anilines is 1. The molecule has 1 aromatic carbocycles. The molecule has 1 amide bonds. The number of H-pyrrole nitrogens is 1. The van der Waals surface area contributed by atoms with Crippen molar-refractivity contribution in [2.24, 2.45) is 0 Å². The van der Waals surface area contributed by atoms with Crippen LogP contribution in [-0.4, -0.2) is 43.7 Å². The molecule has 0 saturated heterocycles. The first-order valence-electron chi connectivity index (χ1n) is 11.6. The molecule has 0 aliphatic rings.